The van der Waals surface area contributed by atoms with Gasteiger partial charge in [0, 0.05) is 15.2 Å². The Labute approximate surface area is 132 Å². The average molecular weight is 236 g/mol. The van der Waals surface area contributed by atoms with E-state index in [2.05, 4.69) is 0 Å². The minimum Gasteiger partial charge on any atom is -0.806 e. The zero-order valence-electron chi connectivity index (χ0n) is 8.60. The van der Waals surface area contributed by atoms with Crippen molar-refractivity contribution in [2.24, 2.45) is 0 Å². The van der Waals surface area contributed by atoms with Gasteiger partial charge in [-0.25, -0.2) is 0 Å². The first-order chi connectivity index (χ1) is 4.50. The normalized spacial score (nSPS) is 11.1. The molecule has 0 atom stereocenters. The van der Waals surface area contributed by atoms with E-state index in [0.717, 1.165) is 0 Å². The Morgan fingerprint density at radius 1 is 0.733 bits per heavy atom. The SMILES string of the molecule is O=P([O-])([O-])C(F)(F)P(=O)([O-])[O-].[Li+].[Li+].[Li+].[Li+]. The van der Waals surface area contributed by atoms with E-state index in [0.29, 0.717) is 0 Å². The molecule has 0 heterocycles. The molecule has 0 rings (SSSR count). The molecule has 0 unspecified atom stereocenters. The van der Waals surface area contributed by atoms with E-state index in [1.54, 1.807) is 0 Å². The minimum absolute atomic E-state index is 0. The molecule has 0 aromatic carbocycles. The molecule has 0 aromatic heterocycles. The van der Waals surface area contributed by atoms with E-state index < -0.39 is 20.6 Å². The van der Waals surface area contributed by atoms with Gasteiger partial charge >= 0.3 is 75.4 Å². The standard InChI is InChI=1S/CH4F2O6P2.4Li/c2-1(3,10(4,5)6)11(7,8)9;;;;/h(H2,4,5,6)(H2,7,8,9);;;;/q;4*+1/p-4. The quantitative estimate of drug-likeness (QED) is 0.346. The zero-order chi connectivity index (χ0) is 9.50. The Bertz CT molecular complexity index is 224. The summed E-state index contributed by atoms with van der Waals surface area (Å²) in [5, 5.41) is -5.74. The van der Waals surface area contributed by atoms with Crippen molar-refractivity contribution in [1.29, 1.82) is 0 Å². The molecule has 0 aromatic rings. The van der Waals surface area contributed by atoms with Gasteiger partial charge in [-0.1, -0.05) is 0 Å². The fraction of sp³-hybridized carbons (Fsp3) is 1.00. The number of hydrogen-bond acceptors (Lipinski definition) is 6. The number of alkyl halides is 2. The van der Waals surface area contributed by atoms with Crippen molar-refractivity contribution >= 4 is 15.2 Å². The summed E-state index contributed by atoms with van der Waals surface area (Å²) in [4.78, 5) is 37.8. The van der Waals surface area contributed by atoms with Crippen LogP contribution >= 0.6 is 15.2 Å². The smallest absolute Gasteiger partial charge is 0.806 e. The summed E-state index contributed by atoms with van der Waals surface area (Å²) in [6.45, 7) is 0. The summed E-state index contributed by atoms with van der Waals surface area (Å²) in [5.74, 6) is 0. The molecule has 6 nitrogen and oxygen atoms in total. The van der Waals surface area contributed by atoms with Crippen LogP contribution in [0, 0.1) is 0 Å². The Morgan fingerprint density at radius 2 is 0.867 bits per heavy atom. The summed E-state index contributed by atoms with van der Waals surface area (Å²) in [6.07, 6.45) is 0. The van der Waals surface area contributed by atoms with E-state index in [1.165, 1.54) is 0 Å². The molecule has 0 spiro atoms. The predicted octanol–water partition coefficient (Wildman–Crippen LogP) is -14.6. The van der Waals surface area contributed by atoms with Crippen LogP contribution in [0.3, 0.4) is 0 Å². The minimum atomic E-state index is -6.71. The number of halogens is 2. The van der Waals surface area contributed by atoms with Gasteiger partial charge in [-0.2, -0.15) is 8.78 Å². The fourth-order valence-corrected chi connectivity index (χ4v) is 1.35. The molecule has 0 aliphatic heterocycles. The van der Waals surface area contributed by atoms with Crippen molar-refractivity contribution in [3.63, 3.8) is 0 Å². The molecule has 0 saturated carbocycles. The van der Waals surface area contributed by atoms with Crippen molar-refractivity contribution < 1.29 is 113 Å². The monoisotopic (exact) mass is 236 g/mol. The van der Waals surface area contributed by atoms with Crippen LogP contribution in [0.4, 0.5) is 8.78 Å². The van der Waals surface area contributed by atoms with Crippen LogP contribution < -0.4 is 95.0 Å². The predicted molar refractivity (Wildman–Crippen MR) is 20.2 cm³/mol. The molecular formula is CF2Li4O6P2. The van der Waals surface area contributed by atoms with Crippen molar-refractivity contribution in [2.45, 2.75) is 5.40 Å². The van der Waals surface area contributed by atoms with Crippen LogP contribution in [0.5, 0.6) is 0 Å². The average Bonchev–Trinajstić information content (AvgIpc) is 1.58. The second kappa shape index (κ2) is 9.48. The topological polar surface area (TPSA) is 126 Å². The fourth-order valence-electron chi connectivity index (χ4n) is 0.150. The van der Waals surface area contributed by atoms with Gasteiger partial charge in [0.1, 0.15) is 0 Å². The van der Waals surface area contributed by atoms with Crippen LogP contribution in [-0.4, -0.2) is 5.40 Å². The molecule has 0 aliphatic carbocycles. The van der Waals surface area contributed by atoms with Gasteiger partial charge in [0.25, 0.3) is 5.40 Å². The molecule has 0 radical (unpaired) electrons. The summed E-state index contributed by atoms with van der Waals surface area (Å²) < 4.78 is 42.2. The van der Waals surface area contributed by atoms with Crippen LogP contribution in [0.25, 0.3) is 0 Å². The third kappa shape index (κ3) is 8.30. The molecule has 0 bridgehead atoms. The first-order valence-electron chi connectivity index (χ1n) is 1.92. The molecule has 0 saturated heterocycles. The van der Waals surface area contributed by atoms with Crippen molar-refractivity contribution in [3.8, 4) is 0 Å². The first-order valence-corrected chi connectivity index (χ1v) is 5.01. The molecule has 0 N–H and O–H groups in total. The van der Waals surface area contributed by atoms with Gasteiger partial charge in [-0.15, -0.1) is 0 Å². The molecular weight excluding hydrogens is 236 g/mol. The number of hydrogen-bond donors (Lipinski definition) is 0. The molecule has 68 valence electrons. The van der Waals surface area contributed by atoms with E-state index >= 15 is 0 Å². The van der Waals surface area contributed by atoms with Crippen molar-refractivity contribution in [1.82, 2.24) is 0 Å². The van der Waals surface area contributed by atoms with E-state index in [9.17, 15) is 37.5 Å². The number of rotatable bonds is 2. The van der Waals surface area contributed by atoms with Gasteiger partial charge in [0.05, 0.1) is 0 Å². The Morgan fingerprint density at radius 3 is 0.867 bits per heavy atom. The largest absolute Gasteiger partial charge is 1.00 e. The summed E-state index contributed by atoms with van der Waals surface area (Å²) in [5.41, 5.74) is 0. The summed E-state index contributed by atoms with van der Waals surface area (Å²) in [6, 6.07) is 0. The maximum absolute atomic E-state index is 11.7. The molecule has 0 aliphatic rings. The Balaban J connectivity index is -0.0000000833. The van der Waals surface area contributed by atoms with E-state index in [1.807, 2.05) is 0 Å². The van der Waals surface area contributed by atoms with Crippen molar-refractivity contribution in [2.75, 3.05) is 0 Å². The van der Waals surface area contributed by atoms with Crippen LogP contribution in [0.2, 0.25) is 0 Å². The summed E-state index contributed by atoms with van der Waals surface area (Å²) in [7, 11) is -13.4. The van der Waals surface area contributed by atoms with Gasteiger partial charge in [0.2, 0.25) is 0 Å². The maximum Gasteiger partial charge on any atom is 1.00 e. The van der Waals surface area contributed by atoms with Crippen molar-refractivity contribution in [3.05, 3.63) is 0 Å². The van der Waals surface area contributed by atoms with Gasteiger partial charge in [0.15, 0.2) is 0 Å². The molecule has 0 fully saturated rings. The maximum atomic E-state index is 11.7. The first kappa shape index (κ1) is 30.5. The molecule has 14 heteroatoms. The zero-order valence-corrected chi connectivity index (χ0v) is 10.4. The van der Waals surface area contributed by atoms with Crippen LogP contribution in [0.15, 0.2) is 0 Å². The second-order valence-electron chi connectivity index (χ2n) is 1.50. The molecule has 0 amide bonds. The van der Waals surface area contributed by atoms with Gasteiger partial charge < -0.3 is 28.7 Å². The van der Waals surface area contributed by atoms with Crippen LogP contribution in [-0.2, 0) is 9.13 Å². The summed E-state index contributed by atoms with van der Waals surface area (Å²) >= 11 is 0. The third-order valence-electron chi connectivity index (χ3n) is 0.659. The Hall–Kier alpha value is 2.55. The van der Waals surface area contributed by atoms with Crippen LogP contribution in [0.1, 0.15) is 0 Å². The second-order valence-corrected chi connectivity index (χ2v) is 4.97. The van der Waals surface area contributed by atoms with E-state index in [4.69, 9.17) is 0 Å². The van der Waals surface area contributed by atoms with Gasteiger partial charge in [-0.05, 0) is 0 Å². The Kier molecular flexibility index (Phi) is 19.3. The third-order valence-corrected chi connectivity index (χ3v) is 3.45. The molecule has 15 heavy (non-hydrogen) atoms. The van der Waals surface area contributed by atoms with E-state index in [-0.39, 0.29) is 75.4 Å². The van der Waals surface area contributed by atoms with Gasteiger partial charge in [-0.3, -0.25) is 0 Å².